The van der Waals surface area contributed by atoms with Crippen molar-refractivity contribution in [3.05, 3.63) is 0 Å². The lowest BCUT2D eigenvalue weighted by atomic mass is 9.76. The monoisotopic (exact) mass is 256 g/mol. The fraction of sp³-hybridized carbons (Fsp3) is 0.846. The summed E-state index contributed by atoms with van der Waals surface area (Å²) in [5.41, 5.74) is 0.202. The number of hydrogen-bond acceptors (Lipinski definition) is 2. The van der Waals surface area contributed by atoms with E-state index in [-0.39, 0.29) is 18.0 Å². The standard InChI is InChI=1S/C13H24N2O3/c1-10(11(16)17)8-14-12(18)15-9-13(2)6-4-3-5-7-13/h10H,3-9H2,1-2H3,(H,16,17)(H2,14,15,18). The third-order valence-electron chi connectivity index (χ3n) is 3.73. The molecule has 0 radical (unpaired) electrons. The van der Waals surface area contributed by atoms with Crippen LogP contribution in [0, 0.1) is 11.3 Å². The molecule has 1 aliphatic carbocycles. The highest BCUT2D eigenvalue weighted by Gasteiger charge is 2.27. The van der Waals surface area contributed by atoms with Crippen LogP contribution >= 0.6 is 0 Å². The second-order valence-corrected chi connectivity index (χ2v) is 5.67. The summed E-state index contributed by atoms with van der Waals surface area (Å²) in [6.07, 6.45) is 6.06. The Hall–Kier alpha value is -1.26. The first-order valence-electron chi connectivity index (χ1n) is 6.67. The lowest BCUT2D eigenvalue weighted by Crippen LogP contribution is -2.44. The van der Waals surface area contributed by atoms with Gasteiger partial charge < -0.3 is 15.7 Å². The summed E-state index contributed by atoms with van der Waals surface area (Å²) in [6.45, 7) is 4.61. The molecule has 1 rings (SSSR count). The van der Waals surface area contributed by atoms with E-state index < -0.39 is 11.9 Å². The molecule has 1 unspecified atom stereocenters. The van der Waals surface area contributed by atoms with Gasteiger partial charge in [0.2, 0.25) is 0 Å². The Morgan fingerprint density at radius 3 is 2.39 bits per heavy atom. The molecule has 0 heterocycles. The van der Waals surface area contributed by atoms with Crippen LogP contribution in [-0.4, -0.2) is 30.2 Å². The summed E-state index contributed by atoms with van der Waals surface area (Å²) >= 11 is 0. The van der Waals surface area contributed by atoms with Crippen LogP contribution in [0.15, 0.2) is 0 Å². The van der Waals surface area contributed by atoms with Gasteiger partial charge in [-0.25, -0.2) is 4.79 Å². The Labute approximate surface area is 108 Å². The fourth-order valence-corrected chi connectivity index (χ4v) is 2.27. The van der Waals surface area contributed by atoms with E-state index in [0.717, 1.165) is 12.8 Å². The van der Waals surface area contributed by atoms with E-state index in [4.69, 9.17) is 5.11 Å². The Bertz CT molecular complexity index is 299. The Morgan fingerprint density at radius 2 is 1.83 bits per heavy atom. The minimum absolute atomic E-state index is 0.165. The van der Waals surface area contributed by atoms with E-state index >= 15 is 0 Å². The molecule has 18 heavy (non-hydrogen) atoms. The summed E-state index contributed by atoms with van der Waals surface area (Å²) in [4.78, 5) is 22.1. The Balaban J connectivity index is 2.22. The molecule has 104 valence electrons. The summed E-state index contributed by atoms with van der Waals surface area (Å²) in [5.74, 6) is -1.45. The van der Waals surface area contributed by atoms with Crippen LogP contribution in [0.25, 0.3) is 0 Å². The maximum atomic E-state index is 11.5. The number of nitrogens with one attached hydrogen (secondary N) is 2. The van der Waals surface area contributed by atoms with Gasteiger partial charge in [-0.3, -0.25) is 4.79 Å². The number of carbonyl (C=O) groups is 2. The van der Waals surface area contributed by atoms with Crippen molar-refractivity contribution in [3.63, 3.8) is 0 Å². The molecule has 0 spiro atoms. The van der Waals surface area contributed by atoms with Gasteiger partial charge in [0.15, 0.2) is 0 Å². The third kappa shape index (κ3) is 4.94. The molecule has 5 heteroatoms. The van der Waals surface area contributed by atoms with Gasteiger partial charge in [0.05, 0.1) is 5.92 Å². The molecule has 0 bridgehead atoms. The molecule has 0 saturated heterocycles. The van der Waals surface area contributed by atoms with E-state index in [1.54, 1.807) is 6.92 Å². The Kier molecular flexibility index (Phi) is 5.44. The molecular formula is C13H24N2O3. The van der Waals surface area contributed by atoms with Crippen molar-refractivity contribution in [2.24, 2.45) is 11.3 Å². The van der Waals surface area contributed by atoms with Crippen LogP contribution in [0.2, 0.25) is 0 Å². The lowest BCUT2D eigenvalue weighted by molar-refractivity contribution is -0.140. The quantitative estimate of drug-likeness (QED) is 0.703. The highest BCUT2D eigenvalue weighted by Crippen LogP contribution is 2.34. The minimum Gasteiger partial charge on any atom is -0.481 e. The molecule has 1 saturated carbocycles. The summed E-state index contributed by atoms with van der Waals surface area (Å²) in [7, 11) is 0. The second-order valence-electron chi connectivity index (χ2n) is 5.67. The third-order valence-corrected chi connectivity index (χ3v) is 3.73. The van der Waals surface area contributed by atoms with E-state index in [1.807, 2.05) is 0 Å². The summed E-state index contributed by atoms with van der Waals surface area (Å²) in [6, 6.07) is -0.269. The largest absolute Gasteiger partial charge is 0.481 e. The molecule has 5 nitrogen and oxygen atoms in total. The maximum Gasteiger partial charge on any atom is 0.314 e. The zero-order valence-corrected chi connectivity index (χ0v) is 11.3. The van der Waals surface area contributed by atoms with Gasteiger partial charge in [-0.15, -0.1) is 0 Å². The van der Waals surface area contributed by atoms with Crippen LogP contribution in [0.4, 0.5) is 4.79 Å². The van der Waals surface area contributed by atoms with Crippen LogP contribution in [0.5, 0.6) is 0 Å². The van der Waals surface area contributed by atoms with E-state index in [2.05, 4.69) is 17.6 Å². The van der Waals surface area contributed by atoms with Crippen LogP contribution in [0.3, 0.4) is 0 Å². The molecule has 0 aromatic rings. The summed E-state index contributed by atoms with van der Waals surface area (Å²) < 4.78 is 0. The zero-order valence-electron chi connectivity index (χ0n) is 11.3. The molecule has 0 aliphatic heterocycles. The van der Waals surface area contributed by atoms with E-state index in [9.17, 15) is 9.59 Å². The molecule has 2 amide bonds. The van der Waals surface area contributed by atoms with Gasteiger partial charge in [0.25, 0.3) is 0 Å². The molecule has 1 atom stereocenters. The van der Waals surface area contributed by atoms with Crippen LogP contribution < -0.4 is 10.6 Å². The molecule has 0 aromatic carbocycles. The molecule has 1 fully saturated rings. The van der Waals surface area contributed by atoms with Crippen LogP contribution in [-0.2, 0) is 4.79 Å². The molecular weight excluding hydrogens is 232 g/mol. The number of aliphatic carboxylic acids is 1. The van der Waals surface area contributed by atoms with Crippen molar-refractivity contribution in [1.29, 1.82) is 0 Å². The van der Waals surface area contributed by atoms with E-state index in [1.165, 1.54) is 19.3 Å². The zero-order chi connectivity index (χ0) is 13.6. The normalized spacial score (nSPS) is 19.9. The van der Waals surface area contributed by atoms with Crippen molar-refractivity contribution in [2.75, 3.05) is 13.1 Å². The average molecular weight is 256 g/mol. The highest BCUT2D eigenvalue weighted by molar-refractivity contribution is 5.75. The number of carboxylic acid groups (broad SMARTS) is 1. The highest BCUT2D eigenvalue weighted by atomic mass is 16.4. The smallest absolute Gasteiger partial charge is 0.314 e. The fourth-order valence-electron chi connectivity index (χ4n) is 2.27. The van der Waals surface area contributed by atoms with Crippen molar-refractivity contribution in [3.8, 4) is 0 Å². The van der Waals surface area contributed by atoms with Crippen LogP contribution in [0.1, 0.15) is 46.0 Å². The summed E-state index contributed by atoms with van der Waals surface area (Å²) in [5, 5.41) is 14.1. The van der Waals surface area contributed by atoms with Crippen molar-refractivity contribution in [2.45, 2.75) is 46.0 Å². The minimum atomic E-state index is -0.894. The van der Waals surface area contributed by atoms with Gasteiger partial charge >= 0.3 is 12.0 Å². The van der Waals surface area contributed by atoms with E-state index in [0.29, 0.717) is 6.54 Å². The number of amides is 2. The van der Waals surface area contributed by atoms with Gasteiger partial charge in [-0.2, -0.15) is 0 Å². The first kappa shape index (κ1) is 14.8. The van der Waals surface area contributed by atoms with Gasteiger partial charge in [-0.1, -0.05) is 33.1 Å². The maximum absolute atomic E-state index is 11.5. The van der Waals surface area contributed by atoms with Crippen molar-refractivity contribution >= 4 is 12.0 Å². The molecule has 0 aromatic heterocycles. The van der Waals surface area contributed by atoms with Gasteiger partial charge in [0.1, 0.15) is 0 Å². The first-order chi connectivity index (χ1) is 8.43. The SMILES string of the molecule is CC(CNC(=O)NCC1(C)CCCCC1)C(=O)O. The number of carboxylic acids is 1. The Morgan fingerprint density at radius 1 is 1.22 bits per heavy atom. The molecule has 3 N–H and O–H groups in total. The topological polar surface area (TPSA) is 78.4 Å². The molecule has 1 aliphatic rings. The number of carbonyl (C=O) groups excluding carboxylic acids is 1. The predicted octanol–water partition coefficient (Wildman–Crippen LogP) is 1.98. The van der Waals surface area contributed by atoms with Crippen molar-refractivity contribution < 1.29 is 14.7 Å². The van der Waals surface area contributed by atoms with Crippen molar-refractivity contribution in [1.82, 2.24) is 10.6 Å². The number of hydrogen-bond donors (Lipinski definition) is 3. The van der Waals surface area contributed by atoms with Gasteiger partial charge in [-0.05, 0) is 18.3 Å². The predicted molar refractivity (Wildman–Crippen MR) is 69.4 cm³/mol. The number of rotatable bonds is 5. The second kappa shape index (κ2) is 6.61. The van der Waals surface area contributed by atoms with Gasteiger partial charge in [0, 0.05) is 13.1 Å². The lowest BCUT2D eigenvalue weighted by Gasteiger charge is -2.33. The number of urea groups is 1. The average Bonchev–Trinajstić information content (AvgIpc) is 2.34. The first-order valence-corrected chi connectivity index (χ1v) is 6.67.